The van der Waals surface area contributed by atoms with E-state index < -0.39 is 5.60 Å². The van der Waals surface area contributed by atoms with Crippen LogP contribution >= 0.6 is 15.9 Å². The van der Waals surface area contributed by atoms with Crippen LogP contribution in [-0.2, 0) is 4.74 Å². The molecule has 2 heterocycles. The number of piperidine rings is 1. The predicted molar refractivity (Wildman–Crippen MR) is 103 cm³/mol. The van der Waals surface area contributed by atoms with Gasteiger partial charge in [0.2, 0.25) is 5.88 Å². The summed E-state index contributed by atoms with van der Waals surface area (Å²) >= 11 is 3.44. The van der Waals surface area contributed by atoms with Gasteiger partial charge in [0, 0.05) is 17.6 Å². The number of ether oxygens (including phenoxy) is 2. The molecule has 3 rings (SSSR count). The summed E-state index contributed by atoms with van der Waals surface area (Å²) in [6.07, 6.45) is 3.21. The highest BCUT2D eigenvalue weighted by Crippen LogP contribution is 2.22. The first-order chi connectivity index (χ1) is 12.3. The van der Waals surface area contributed by atoms with Crippen LogP contribution in [0, 0.1) is 5.92 Å². The fourth-order valence-corrected chi connectivity index (χ4v) is 3.20. The molecule has 2 aromatic rings. The molecule has 0 saturated carbocycles. The number of fused-ring (bicyclic) bond motifs is 1. The summed E-state index contributed by atoms with van der Waals surface area (Å²) in [5, 5.41) is 0. The molecule has 1 saturated heterocycles. The van der Waals surface area contributed by atoms with Gasteiger partial charge in [-0.1, -0.05) is 15.9 Å². The van der Waals surface area contributed by atoms with E-state index >= 15 is 0 Å². The van der Waals surface area contributed by atoms with Gasteiger partial charge in [0.25, 0.3) is 0 Å². The molecule has 0 spiro atoms. The van der Waals surface area contributed by atoms with E-state index in [1.54, 1.807) is 11.1 Å². The Kier molecular flexibility index (Phi) is 5.65. The van der Waals surface area contributed by atoms with Crippen molar-refractivity contribution in [3.05, 3.63) is 28.9 Å². The first-order valence-corrected chi connectivity index (χ1v) is 9.62. The van der Waals surface area contributed by atoms with Gasteiger partial charge in [-0.3, -0.25) is 0 Å². The number of nitrogens with zero attached hydrogens (tertiary/aromatic N) is 3. The van der Waals surface area contributed by atoms with E-state index in [1.165, 1.54) is 0 Å². The number of halogens is 1. The molecule has 1 aliphatic heterocycles. The molecular weight excluding hydrogens is 398 g/mol. The summed E-state index contributed by atoms with van der Waals surface area (Å²) < 4.78 is 12.2. The van der Waals surface area contributed by atoms with E-state index in [9.17, 15) is 4.79 Å². The first kappa shape index (κ1) is 18.9. The minimum atomic E-state index is -0.458. The summed E-state index contributed by atoms with van der Waals surface area (Å²) in [6, 6.07) is 5.78. The van der Waals surface area contributed by atoms with E-state index in [2.05, 4.69) is 25.9 Å². The summed E-state index contributed by atoms with van der Waals surface area (Å²) in [5.41, 5.74) is 1.18. The minimum absolute atomic E-state index is 0.233. The Morgan fingerprint density at radius 2 is 2.00 bits per heavy atom. The number of aromatic nitrogens is 2. The third kappa shape index (κ3) is 5.06. The quantitative estimate of drug-likeness (QED) is 0.733. The van der Waals surface area contributed by atoms with Crippen molar-refractivity contribution in [3.8, 4) is 5.88 Å². The molecule has 26 heavy (non-hydrogen) atoms. The molecule has 0 N–H and O–H groups in total. The second kappa shape index (κ2) is 7.78. The van der Waals surface area contributed by atoms with Crippen LogP contribution in [-0.4, -0.2) is 46.3 Å². The molecule has 7 heteroatoms. The molecule has 1 aromatic heterocycles. The molecule has 0 bridgehead atoms. The molecule has 140 valence electrons. The minimum Gasteiger partial charge on any atom is -0.476 e. The highest BCUT2D eigenvalue weighted by molar-refractivity contribution is 9.10. The van der Waals surface area contributed by atoms with Crippen LogP contribution in [0.15, 0.2) is 28.9 Å². The van der Waals surface area contributed by atoms with E-state index in [1.807, 2.05) is 39.0 Å². The molecule has 0 atom stereocenters. The lowest BCUT2D eigenvalue weighted by atomic mass is 9.98. The average Bonchev–Trinajstić information content (AvgIpc) is 2.58. The van der Waals surface area contributed by atoms with Gasteiger partial charge in [-0.25, -0.2) is 14.8 Å². The highest BCUT2D eigenvalue weighted by Gasteiger charge is 2.27. The number of hydrogen-bond donors (Lipinski definition) is 0. The normalized spacial score (nSPS) is 15.9. The third-order valence-corrected chi connectivity index (χ3v) is 4.71. The van der Waals surface area contributed by atoms with Crippen molar-refractivity contribution in [1.29, 1.82) is 0 Å². The zero-order chi connectivity index (χ0) is 18.7. The average molecular weight is 422 g/mol. The molecule has 0 unspecified atom stereocenters. The number of benzene rings is 1. The van der Waals surface area contributed by atoms with Gasteiger partial charge in [-0.2, -0.15) is 0 Å². The van der Waals surface area contributed by atoms with Gasteiger partial charge in [0.05, 0.1) is 23.8 Å². The number of rotatable bonds is 3. The number of likely N-dealkylation sites (tertiary alicyclic amines) is 1. The maximum Gasteiger partial charge on any atom is 0.410 e. The lowest BCUT2D eigenvalue weighted by molar-refractivity contribution is 0.0164. The van der Waals surface area contributed by atoms with E-state index in [0.717, 1.165) is 28.3 Å². The molecule has 1 aliphatic rings. The van der Waals surface area contributed by atoms with Crippen molar-refractivity contribution in [2.45, 2.75) is 39.2 Å². The van der Waals surface area contributed by atoms with Crippen LogP contribution in [0.2, 0.25) is 0 Å². The summed E-state index contributed by atoms with van der Waals surface area (Å²) in [7, 11) is 0. The molecule has 1 fully saturated rings. The first-order valence-electron chi connectivity index (χ1n) is 8.83. The zero-order valence-electron chi connectivity index (χ0n) is 15.4. The second-order valence-electron chi connectivity index (χ2n) is 7.56. The maximum atomic E-state index is 12.1. The Labute approximate surface area is 162 Å². The van der Waals surface area contributed by atoms with Gasteiger partial charge >= 0.3 is 6.09 Å². The van der Waals surface area contributed by atoms with Crippen LogP contribution in [0.1, 0.15) is 33.6 Å². The molecule has 1 amide bonds. The van der Waals surface area contributed by atoms with Gasteiger partial charge < -0.3 is 14.4 Å². The van der Waals surface area contributed by atoms with Crippen LogP contribution in [0.3, 0.4) is 0 Å². The van der Waals surface area contributed by atoms with Crippen molar-refractivity contribution < 1.29 is 14.3 Å². The van der Waals surface area contributed by atoms with E-state index in [4.69, 9.17) is 9.47 Å². The monoisotopic (exact) mass is 421 g/mol. The van der Waals surface area contributed by atoms with Crippen LogP contribution in [0.25, 0.3) is 11.0 Å². The number of carbonyl (C=O) groups excluding carboxylic acids is 1. The van der Waals surface area contributed by atoms with Crippen molar-refractivity contribution in [3.63, 3.8) is 0 Å². The Bertz CT molecular complexity index is 783. The Morgan fingerprint density at radius 1 is 1.27 bits per heavy atom. The Hall–Kier alpha value is -1.89. The molecule has 0 radical (unpaired) electrons. The maximum absolute atomic E-state index is 12.1. The molecule has 1 aromatic carbocycles. The van der Waals surface area contributed by atoms with E-state index in [0.29, 0.717) is 31.5 Å². The Morgan fingerprint density at radius 3 is 2.69 bits per heavy atom. The second-order valence-corrected chi connectivity index (χ2v) is 8.48. The van der Waals surface area contributed by atoms with Crippen LogP contribution < -0.4 is 4.74 Å². The smallest absolute Gasteiger partial charge is 0.410 e. The third-order valence-electron chi connectivity index (χ3n) is 4.22. The number of hydrogen-bond acceptors (Lipinski definition) is 5. The molecular formula is C19H24BrN3O3. The molecule has 0 aliphatic carbocycles. The fraction of sp³-hybridized carbons (Fsp3) is 0.526. The standard InChI is InChI=1S/C19H24BrN3O3/c1-19(2,3)26-18(24)23-8-6-13(7-9-23)12-25-17-11-21-15-5-4-14(20)10-16(15)22-17/h4-5,10-11,13H,6-9,12H2,1-3H3. The summed E-state index contributed by atoms with van der Waals surface area (Å²) in [6.45, 7) is 7.62. The van der Waals surface area contributed by atoms with Gasteiger partial charge in [0.15, 0.2) is 0 Å². The van der Waals surface area contributed by atoms with Crippen molar-refractivity contribution in [1.82, 2.24) is 14.9 Å². The van der Waals surface area contributed by atoms with Crippen LogP contribution in [0.5, 0.6) is 5.88 Å². The predicted octanol–water partition coefficient (Wildman–Crippen LogP) is 4.42. The highest BCUT2D eigenvalue weighted by atomic mass is 79.9. The van der Waals surface area contributed by atoms with Crippen molar-refractivity contribution in [2.75, 3.05) is 19.7 Å². The van der Waals surface area contributed by atoms with Crippen molar-refractivity contribution >= 4 is 33.1 Å². The Balaban J connectivity index is 1.50. The van der Waals surface area contributed by atoms with Crippen LogP contribution in [0.4, 0.5) is 4.79 Å². The SMILES string of the molecule is CC(C)(C)OC(=O)N1CCC(COc2cnc3ccc(Br)cc3n2)CC1. The molecule has 6 nitrogen and oxygen atoms in total. The fourth-order valence-electron chi connectivity index (χ4n) is 2.85. The van der Waals surface area contributed by atoms with Crippen molar-refractivity contribution in [2.24, 2.45) is 5.92 Å². The largest absolute Gasteiger partial charge is 0.476 e. The lowest BCUT2D eigenvalue weighted by Crippen LogP contribution is -2.42. The van der Waals surface area contributed by atoms with Gasteiger partial charge in [-0.05, 0) is 57.7 Å². The number of carbonyl (C=O) groups is 1. The van der Waals surface area contributed by atoms with E-state index in [-0.39, 0.29) is 6.09 Å². The van der Waals surface area contributed by atoms with Gasteiger partial charge in [-0.15, -0.1) is 0 Å². The summed E-state index contributed by atoms with van der Waals surface area (Å²) in [4.78, 5) is 22.8. The number of amides is 1. The lowest BCUT2D eigenvalue weighted by Gasteiger charge is -2.33. The zero-order valence-corrected chi connectivity index (χ0v) is 17.0. The summed E-state index contributed by atoms with van der Waals surface area (Å²) in [5.74, 6) is 0.930. The topological polar surface area (TPSA) is 64.5 Å². The van der Waals surface area contributed by atoms with Gasteiger partial charge in [0.1, 0.15) is 5.60 Å².